The van der Waals surface area contributed by atoms with Gasteiger partial charge in [-0.1, -0.05) is 42.5 Å². The Bertz CT molecular complexity index is 909. The highest BCUT2D eigenvalue weighted by molar-refractivity contribution is 6.02. The molecule has 2 aromatic carbocycles. The van der Waals surface area contributed by atoms with Crippen LogP contribution in [-0.4, -0.2) is 35.2 Å². The van der Waals surface area contributed by atoms with Crippen molar-refractivity contribution < 1.29 is 14.3 Å². The molecule has 158 valence electrons. The summed E-state index contributed by atoms with van der Waals surface area (Å²) in [6, 6.07) is 17.4. The number of hydrazone groups is 1. The molecule has 3 rings (SSSR count). The minimum atomic E-state index is -0.169. The second-order valence-electron chi connectivity index (χ2n) is 7.71. The van der Waals surface area contributed by atoms with E-state index in [9.17, 15) is 9.59 Å². The number of ether oxygens (including phenoxy) is 1. The van der Waals surface area contributed by atoms with Crippen LogP contribution in [0.1, 0.15) is 57.2 Å². The molecule has 1 N–H and O–H groups in total. The van der Waals surface area contributed by atoms with E-state index < -0.39 is 0 Å². The van der Waals surface area contributed by atoms with E-state index >= 15 is 0 Å². The third-order valence-electron chi connectivity index (χ3n) is 4.87. The summed E-state index contributed by atoms with van der Waals surface area (Å²) < 4.78 is 5.71. The number of nitrogens with zero attached hydrogens (tertiary/aromatic N) is 2. The Balaban J connectivity index is 1.49. The number of nitrogens with one attached hydrogen (secondary N) is 1. The maximum atomic E-state index is 12.5. The average molecular weight is 408 g/mol. The van der Waals surface area contributed by atoms with Gasteiger partial charge >= 0.3 is 0 Å². The van der Waals surface area contributed by atoms with E-state index in [1.807, 2.05) is 75.4 Å². The third kappa shape index (κ3) is 5.92. The highest BCUT2D eigenvalue weighted by Gasteiger charge is 2.22. The molecular formula is C24H29N3O3. The van der Waals surface area contributed by atoms with Crippen molar-refractivity contribution in [2.75, 3.05) is 6.54 Å². The van der Waals surface area contributed by atoms with Crippen molar-refractivity contribution in [3.63, 3.8) is 0 Å². The third-order valence-corrected chi connectivity index (χ3v) is 4.87. The average Bonchev–Trinajstić information content (AvgIpc) is 3.23. The van der Waals surface area contributed by atoms with Gasteiger partial charge < -0.3 is 10.1 Å². The lowest BCUT2D eigenvalue weighted by Gasteiger charge is -2.17. The fourth-order valence-electron chi connectivity index (χ4n) is 3.35. The molecule has 1 heterocycles. The summed E-state index contributed by atoms with van der Waals surface area (Å²) in [5, 5.41) is 8.87. The smallest absolute Gasteiger partial charge is 0.243 e. The molecule has 6 heteroatoms. The standard InChI is InChI=1S/C24H29N3O3/c1-17(2)30-21-11-7-10-20(16-21)18(3)25-23(28)12-13-24(29)27-15-14-22(26-27)19-8-5-4-6-9-19/h4-11,16-18H,12-15H2,1-3H3,(H,25,28). The van der Waals surface area contributed by atoms with E-state index in [1.165, 1.54) is 5.01 Å². The summed E-state index contributed by atoms with van der Waals surface area (Å²) in [5.41, 5.74) is 2.90. The molecule has 30 heavy (non-hydrogen) atoms. The highest BCUT2D eigenvalue weighted by atomic mass is 16.5. The van der Waals surface area contributed by atoms with Crippen molar-refractivity contribution in [2.24, 2.45) is 5.10 Å². The van der Waals surface area contributed by atoms with Gasteiger partial charge in [-0.15, -0.1) is 0 Å². The molecular weight excluding hydrogens is 378 g/mol. The number of hydrogen-bond donors (Lipinski definition) is 1. The van der Waals surface area contributed by atoms with E-state index in [4.69, 9.17) is 4.74 Å². The van der Waals surface area contributed by atoms with Crippen LogP contribution >= 0.6 is 0 Å². The summed E-state index contributed by atoms with van der Waals surface area (Å²) in [4.78, 5) is 24.8. The molecule has 0 aromatic heterocycles. The van der Waals surface area contributed by atoms with Gasteiger partial charge in [0.05, 0.1) is 24.4 Å². The van der Waals surface area contributed by atoms with Crippen molar-refractivity contribution in [1.29, 1.82) is 0 Å². The van der Waals surface area contributed by atoms with Gasteiger partial charge in [-0.3, -0.25) is 9.59 Å². The molecule has 0 aliphatic carbocycles. The minimum Gasteiger partial charge on any atom is -0.491 e. The first-order valence-corrected chi connectivity index (χ1v) is 10.4. The lowest BCUT2D eigenvalue weighted by atomic mass is 10.1. The van der Waals surface area contributed by atoms with E-state index in [1.54, 1.807) is 0 Å². The van der Waals surface area contributed by atoms with Gasteiger partial charge in [0.25, 0.3) is 0 Å². The maximum absolute atomic E-state index is 12.5. The van der Waals surface area contributed by atoms with Crippen LogP contribution in [0, 0.1) is 0 Å². The fourth-order valence-corrected chi connectivity index (χ4v) is 3.35. The van der Waals surface area contributed by atoms with Crippen LogP contribution in [0.25, 0.3) is 0 Å². The zero-order valence-corrected chi connectivity index (χ0v) is 17.8. The molecule has 2 amide bonds. The van der Waals surface area contributed by atoms with Crippen LogP contribution in [0.15, 0.2) is 59.7 Å². The highest BCUT2D eigenvalue weighted by Crippen LogP contribution is 2.20. The Kier molecular flexibility index (Phi) is 7.22. The monoisotopic (exact) mass is 407 g/mol. The number of hydrogen-bond acceptors (Lipinski definition) is 4. The van der Waals surface area contributed by atoms with Crippen LogP contribution in [0.2, 0.25) is 0 Å². The summed E-state index contributed by atoms with van der Waals surface area (Å²) in [6.45, 7) is 6.43. The first-order valence-electron chi connectivity index (χ1n) is 10.4. The van der Waals surface area contributed by atoms with Crippen LogP contribution in [0.5, 0.6) is 5.75 Å². The first-order chi connectivity index (χ1) is 14.4. The molecule has 0 spiro atoms. The van der Waals surface area contributed by atoms with Crippen molar-refractivity contribution in [2.45, 2.75) is 52.2 Å². The second kappa shape index (κ2) is 10.1. The Morgan fingerprint density at radius 1 is 1.07 bits per heavy atom. The fraction of sp³-hybridized carbons (Fsp3) is 0.375. The van der Waals surface area contributed by atoms with E-state index in [2.05, 4.69) is 10.4 Å². The number of rotatable bonds is 8. The van der Waals surface area contributed by atoms with Gasteiger partial charge in [-0.2, -0.15) is 5.10 Å². The van der Waals surface area contributed by atoms with Crippen molar-refractivity contribution in [1.82, 2.24) is 10.3 Å². The summed E-state index contributed by atoms with van der Waals surface area (Å²) in [5.74, 6) is 0.494. The maximum Gasteiger partial charge on any atom is 0.243 e. The van der Waals surface area contributed by atoms with E-state index in [0.29, 0.717) is 6.54 Å². The second-order valence-corrected chi connectivity index (χ2v) is 7.71. The number of benzene rings is 2. The molecule has 0 saturated carbocycles. The molecule has 0 saturated heterocycles. The molecule has 0 radical (unpaired) electrons. The lowest BCUT2D eigenvalue weighted by molar-refractivity contribution is -0.133. The minimum absolute atomic E-state index is 0.0896. The summed E-state index contributed by atoms with van der Waals surface area (Å²) in [6.07, 6.45) is 1.10. The largest absolute Gasteiger partial charge is 0.491 e. The predicted octanol–water partition coefficient (Wildman–Crippen LogP) is 4.07. The Morgan fingerprint density at radius 2 is 1.83 bits per heavy atom. The number of carbonyl (C=O) groups excluding carboxylic acids is 2. The quantitative estimate of drug-likeness (QED) is 0.717. The van der Waals surface area contributed by atoms with Crippen LogP contribution < -0.4 is 10.1 Å². The normalized spacial score (nSPS) is 14.4. The molecule has 6 nitrogen and oxygen atoms in total. The zero-order valence-electron chi connectivity index (χ0n) is 17.8. The van der Waals surface area contributed by atoms with Crippen LogP contribution in [0.3, 0.4) is 0 Å². The van der Waals surface area contributed by atoms with Gasteiger partial charge in [-0.05, 0) is 44.0 Å². The molecule has 0 fully saturated rings. The van der Waals surface area contributed by atoms with Crippen LogP contribution in [0.4, 0.5) is 0 Å². The van der Waals surface area contributed by atoms with Gasteiger partial charge in [-0.25, -0.2) is 5.01 Å². The van der Waals surface area contributed by atoms with Gasteiger partial charge in [0.1, 0.15) is 5.75 Å². The molecule has 1 aliphatic rings. The molecule has 0 bridgehead atoms. The molecule has 2 aromatic rings. The number of amides is 2. The topological polar surface area (TPSA) is 71.0 Å². The first kappa shape index (κ1) is 21.6. The van der Waals surface area contributed by atoms with Gasteiger partial charge in [0.2, 0.25) is 11.8 Å². The molecule has 1 unspecified atom stereocenters. The summed E-state index contributed by atoms with van der Waals surface area (Å²) in [7, 11) is 0. The summed E-state index contributed by atoms with van der Waals surface area (Å²) >= 11 is 0. The van der Waals surface area contributed by atoms with Gasteiger partial charge in [0.15, 0.2) is 0 Å². The van der Waals surface area contributed by atoms with Crippen molar-refractivity contribution >= 4 is 17.5 Å². The van der Waals surface area contributed by atoms with Crippen molar-refractivity contribution in [3.05, 3.63) is 65.7 Å². The van der Waals surface area contributed by atoms with Crippen molar-refractivity contribution in [3.8, 4) is 5.75 Å². The molecule has 1 aliphatic heterocycles. The van der Waals surface area contributed by atoms with Gasteiger partial charge in [0, 0.05) is 19.3 Å². The molecule has 1 atom stereocenters. The van der Waals surface area contributed by atoms with E-state index in [-0.39, 0.29) is 36.8 Å². The zero-order chi connectivity index (χ0) is 21.5. The lowest BCUT2D eigenvalue weighted by Crippen LogP contribution is -2.29. The Morgan fingerprint density at radius 3 is 2.57 bits per heavy atom. The Labute approximate surface area is 177 Å². The predicted molar refractivity (Wildman–Crippen MR) is 117 cm³/mol. The SMILES string of the molecule is CC(C)Oc1cccc(C(C)NC(=O)CCC(=O)N2CCC(c3ccccc3)=N2)c1. The van der Waals surface area contributed by atoms with Crippen LogP contribution in [-0.2, 0) is 9.59 Å². The number of carbonyl (C=O) groups is 2. The van der Waals surface area contributed by atoms with E-state index in [0.717, 1.165) is 29.0 Å². The Hall–Kier alpha value is -3.15.